The molecule has 9 rings (SSSR count). The van der Waals surface area contributed by atoms with Crippen LogP contribution in [-0.4, -0.2) is 0 Å². The van der Waals surface area contributed by atoms with Crippen LogP contribution in [0.25, 0.3) is 41.7 Å². The van der Waals surface area contributed by atoms with Crippen LogP contribution < -0.4 is 9.80 Å². The molecule has 0 radical (unpaired) electrons. The molecule has 0 unspecified atom stereocenters. The van der Waals surface area contributed by atoms with E-state index in [0.29, 0.717) is 0 Å². The number of fused-ring (bicyclic) bond motifs is 7. The smallest absolute Gasteiger partial charge is 0.0554 e. The Hall–Kier alpha value is -5.90. The van der Waals surface area contributed by atoms with Crippen LogP contribution in [0.5, 0.6) is 0 Å². The molecule has 0 saturated heterocycles. The maximum Gasteiger partial charge on any atom is 0.0554 e. The molecule has 0 fully saturated rings. The van der Waals surface area contributed by atoms with E-state index in [-0.39, 0.29) is 0 Å². The lowest BCUT2D eigenvalue weighted by molar-refractivity contribution is 1.30. The Morgan fingerprint density at radius 3 is 0.894 bits per heavy atom. The molecular formula is C44H30N2S. The Bertz CT molecular complexity index is 2250. The SMILES string of the molecule is c1ccc(N(c2ccccc2)c2cc3sc4cc(N(c5ccccc5)c5ccccc5)c5ccccc5c4c3c3ccccc23)cc1. The molecule has 0 N–H and O–H groups in total. The maximum absolute atomic E-state index is 2.41. The van der Waals surface area contributed by atoms with E-state index >= 15 is 0 Å². The summed E-state index contributed by atoms with van der Waals surface area (Å²) in [7, 11) is 0. The van der Waals surface area contributed by atoms with Crippen LogP contribution in [-0.2, 0) is 0 Å². The first-order valence-electron chi connectivity index (χ1n) is 16.0. The molecule has 1 heterocycles. The van der Waals surface area contributed by atoms with Gasteiger partial charge in [-0.2, -0.15) is 0 Å². The van der Waals surface area contributed by atoms with Crippen LogP contribution in [0.4, 0.5) is 34.1 Å². The Labute approximate surface area is 278 Å². The standard InChI is InChI=1S/C44H30N2S/c1-5-17-31(18-6-1)45(32-19-7-2-8-20-32)39-29-41-43(37-27-15-13-25-35(37)39)44-38-28-16-14-26-36(38)40(30-42(44)47-41)46(33-21-9-3-10-22-33)34-23-11-4-12-24-34/h1-30H. The average Bonchev–Trinajstić information content (AvgIpc) is 3.52. The topological polar surface area (TPSA) is 6.48 Å². The molecule has 0 aliphatic heterocycles. The van der Waals surface area contributed by atoms with Crippen LogP contribution in [0, 0.1) is 0 Å². The number of hydrogen-bond donors (Lipinski definition) is 0. The van der Waals surface area contributed by atoms with Gasteiger partial charge in [-0.15, -0.1) is 11.3 Å². The molecule has 0 spiro atoms. The number of thiophene rings is 1. The van der Waals surface area contributed by atoms with Crippen molar-refractivity contribution >= 4 is 87.2 Å². The van der Waals surface area contributed by atoms with Gasteiger partial charge in [-0.25, -0.2) is 0 Å². The lowest BCUT2D eigenvalue weighted by Crippen LogP contribution is -2.10. The molecule has 2 nitrogen and oxygen atoms in total. The Morgan fingerprint density at radius 1 is 0.298 bits per heavy atom. The van der Waals surface area contributed by atoms with Crippen LogP contribution in [0.1, 0.15) is 0 Å². The van der Waals surface area contributed by atoms with Crippen molar-refractivity contribution in [1.29, 1.82) is 0 Å². The predicted octanol–water partition coefficient (Wildman–Crippen LogP) is 13.3. The highest BCUT2D eigenvalue weighted by molar-refractivity contribution is 7.26. The number of nitrogens with zero attached hydrogens (tertiary/aromatic N) is 2. The summed E-state index contributed by atoms with van der Waals surface area (Å²) in [4.78, 5) is 4.78. The van der Waals surface area contributed by atoms with E-state index in [4.69, 9.17) is 0 Å². The third-order valence-corrected chi connectivity index (χ3v) is 10.1. The molecule has 8 aromatic carbocycles. The summed E-state index contributed by atoms with van der Waals surface area (Å²) in [5, 5.41) is 7.64. The second-order valence-corrected chi connectivity index (χ2v) is 12.8. The zero-order chi connectivity index (χ0) is 31.2. The van der Waals surface area contributed by atoms with E-state index in [0.717, 1.165) is 22.7 Å². The minimum atomic E-state index is 1.14. The highest BCUT2D eigenvalue weighted by Gasteiger charge is 2.22. The summed E-state index contributed by atoms with van der Waals surface area (Å²) in [6.45, 7) is 0. The van der Waals surface area contributed by atoms with E-state index in [1.54, 1.807) is 0 Å². The maximum atomic E-state index is 2.41. The molecule has 0 saturated carbocycles. The molecule has 3 heteroatoms. The van der Waals surface area contributed by atoms with Gasteiger partial charge in [0.05, 0.1) is 11.4 Å². The van der Waals surface area contributed by atoms with E-state index < -0.39 is 0 Å². The third-order valence-electron chi connectivity index (χ3n) is 8.98. The van der Waals surface area contributed by atoms with Gasteiger partial charge in [0, 0.05) is 53.7 Å². The molecule has 9 aromatic rings. The Balaban J connectivity index is 1.37. The van der Waals surface area contributed by atoms with Gasteiger partial charge < -0.3 is 9.80 Å². The van der Waals surface area contributed by atoms with Crippen LogP contribution in [0.15, 0.2) is 182 Å². The number of rotatable bonds is 6. The molecule has 0 amide bonds. The predicted molar refractivity (Wildman–Crippen MR) is 204 cm³/mol. The van der Waals surface area contributed by atoms with Gasteiger partial charge in [-0.05, 0) is 71.4 Å². The molecule has 0 aliphatic carbocycles. The van der Waals surface area contributed by atoms with Gasteiger partial charge in [0.1, 0.15) is 0 Å². The summed E-state index contributed by atoms with van der Waals surface area (Å²) in [6, 6.07) is 65.4. The van der Waals surface area contributed by atoms with Gasteiger partial charge in [-0.1, -0.05) is 121 Å². The first-order chi connectivity index (χ1) is 23.3. The largest absolute Gasteiger partial charge is 0.310 e. The number of hydrogen-bond acceptors (Lipinski definition) is 3. The van der Waals surface area contributed by atoms with Crippen molar-refractivity contribution in [3.63, 3.8) is 0 Å². The van der Waals surface area contributed by atoms with Crippen molar-refractivity contribution in [3.05, 3.63) is 182 Å². The van der Waals surface area contributed by atoms with Gasteiger partial charge >= 0.3 is 0 Å². The number of benzene rings is 8. The van der Waals surface area contributed by atoms with Crippen molar-refractivity contribution in [2.75, 3.05) is 9.80 Å². The lowest BCUT2D eigenvalue weighted by Gasteiger charge is -2.27. The fourth-order valence-electron chi connectivity index (χ4n) is 6.99. The lowest BCUT2D eigenvalue weighted by atomic mass is 9.96. The van der Waals surface area contributed by atoms with Gasteiger partial charge in [0.25, 0.3) is 0 Å². The highest BCUT2D eigenvalue weighted by atomic mass is 32.1. The number of anilines is 6. The Kier molecular flexibility index (Phi) is 6.69. The van der Waals surface area contributed by atoms with Crippen LogP contribution in [0.2, 0.25) is 0 Å². The van der Waals surface area contributed by atoms with Crippen LogP contribution in [0.3, 0.4) is 0 Å². The van der Waals surface area contributed by atoms with Crippen molar-refractivity contribution in [1.82, 2.24) is 0 Å². The average molecular weight is 619 g/mol. The van der Waals surface area contributed by atoms with Crippen molar-refractivity contribution in [2.45, 2.75) is 0 Å². The van der Waals surface area contributed by atoms with Gasteiger partial charge in [0.2, 0.25) is 0 Å². The molecule has 0 aliphatic rings. The Morgan fingerprint density at radius 2 is 0.574 bits per heavy atom. The van der Waals surface area contributed by atoms with E-state index in [2.05, 4.69) is 192 Å². The fourth-order valence-corrected chi connectivity index (χ4v) is 8.20. The van der Waals surface area contributed by atoms with Gasteiger partial charge in [-0.3, -0.25) is 0 Å². The highest BCUT2D eigenvalue weighted by Crippen LogP contribution is 2.50. The molecule has 0 atom stereocenters. The first kappa shape index (κ1) is 27.4. The van der Waals surface area contributed by atoms with Crippen molar-refractivity contribution in [3.8, 4) is 0 Å². The quantitative estimate of drug-likeness (QED) is 0.183. The zero-order valence-electron chi connectivity index (χ0n) is 25.6. The van der Waals surface area contributed by atoms with Gasteiger partial charge in [0.15, 0.2) is 0 Å². The summed E-state index contributed by atoms with van der Waals surface area (Å²) >= 11 is 1.88. The molecule has 222 valence electrons. The summed E-state index contributed by atoms with van der Waals surface area (Å²) < 4.78 is 2.55. The monoisotopic (exact) mass is 618 g/mol. The summed E-state index contributed by atoms with van der Waals surface area (Å²) in [5.74, 6) is 0. The third kappa shape index (κ3) is 4.63. The molecule has 0 bridgehead atoms. The summed E-state index contributed by atoms with van der Waals surface area (Å²) in [6.07, 6.45) is 0. The van der Waals surface area contributed by atoms with Crippen molar-refractivity contribution in [2.24, 2.45) is 0 Å². The zero-order valence-corrected chi connectivity index (χ0v) is 26.4. The molecular weight excluding hydrogens is 589 g/mol. The molecule has 1 aromatic heterocycles. The van der Waals surface area contributed by atoms with E-state index in [1.807, 2.05) is 11.3 Å². The normalized spacial score (nSPS) is 11.4. The minimum absolute atomic E-state index is 1.14. The van der Waals surface area contributed by atoms with E-state index in [1.165, 1.54) is 53.1 Å². The van der Waals surface area contributed by atoms with Crippen LogP contribution >= 0.6 is 11.3 Å². The second kappa shape index (κ2) is 11.5. The minimum Gasteiger partial charge on any atom is -0.310 e. The van der Waals surface area contributed by atoms with E-state index in [9.17, 15) is 0 Å². The summed E-state index contributed by atoms with van der Waals surface area (Å²) in [5.41, 5.74) is 6.90. The second-order valence-electron chi connectivity index (χ2n) is 11.7. The number of para-hydroxylation sites is 4. The molecule has 47 heavy (non-hydrogen) atoms. The van der Waals surface area contributed by atoms with Crippen molar-refractivity contribution < 1.29 is 0 Å². The fraction of sp³-hybridized carbons (Fsp3) is 0. The first-order valence-corrected chi connectivity index (χ1v) is 16.8.